The Morgan fingerprint density at radius 3 is 2.40 bits per heavy atom. The van der Waals surface area contributed by atoms with Gasteiger partial charge in [0.1, 0.15) is 10.6 Å². The Bertz CT molecular complexity index is 1700. The first-order chi connectivity index (χ1) is 21.5. The number of carbonyl (C=O) groups excluding carboxylic acids is 2. The van der Waals surface area contributed by atoms with E-state index < -0.39 is 14.2 Å². The fourth-order valence-electron chi connectivity index (χ4n) is 4.11. The number of anilines is 2. The van der Waals surface area contributed by atoms with Gasteiger partial charge in [-0.15, -0.1) is 11.3 Å². The lowest BCUT2D eigenvalue weighted by Crippen LogP contribution is -2.41. The monoisotopic (exact) mass is 659 g/mol. The molecule has 0 spiro atoms. The third-order valence-corrected chi connectivity index (χ3v) is 14.0. The van der Waals surface area contributed by atoms with Gasteiger partial charge >= 0.3 is 5.91 Å². The van der Waals surface area contributed by atoms with Gasteiger partial charge in [-0.25, -0.2) is 9.97 Å². The van der Waals surface area contributed by atoms with E-state index in [1.54, 1.807) is 0 Å². The molecule has 0 aliphatic carbocycles. The van der Waals surface area contributed by atoms with E-state index in [1.165, 1.54) is 22.5 Å². The van der Waals surface area contributed by atoms with Crippen molar-refractivity contribution in [1.29, 1.82) is 0 Å². The highest BCUT2D eigenvalue weighted by molar-refractivity contribution is 7.17. The summed E-state index contributed by atoms with van der Waals surface area (Å²) in [7, 11) is -1.76. The molecule has 13 heteroatoms. The summed E-state index contributed by atoms with van der Waals surface area (Å²) in [6.07, 6.45) is 3.20. The number of carbonyl (C=O) groups is 2. The largest absolute Gasteiger partial charge is 0.417 e. The Hall–Kier alpha value is -4.04. The Morgan fingerprint density at radius 1 is 1.02 bits per heavy atom. The van der Waals surface area contributed by atoms with Gasteiger partial charge in [0.2, 0.25) is 10.3 Å². The van der Waals surface area contributed by atoms with Crippen LogP contribution in [0.1, 0.15) is 48.8 Å². The van der Waals surface area contributed by atoms with Gasteiger partial charge in [-0.1, -0.05) is 92.8 Å². The quantitative estimate of drug-likeness (QED) is 0.0958. The fraction of sp³-hybridized carbons (Fsp3) is 0.312. The van der Waals surface area contributed by atoms with Crippen LogP contribution in [0.15, 0.2) is 82.4 Å². The minimum absolute atomic E-state index is 0.124. The van der Waals surface area contributed by atoms with Crippen LogP contribution in [0, 0.1) is 0 Å². The Labute approximate surface area is 272 Å². The van der Waals surface area contributed by atoms with Crippen LogP contribution in [-0.2, 0) is 9.22 Å². The number of nitrogens with zero attached hydrogens (tertiary/aromatic N) is 5. The average Bonchev–Trinajstić information content (AvgIpc) is 3.77. The van der Waals surface area contributed by atoms with E-state index in [1.807, 2.05) is 66.0 Å². The number of thiazole rings is 2. The number of aromatic nitrogens is 2. The van der Waals surface area contributed by atoms with E-state index in [2.05, 4.69) is 64.8 Å². The van der Waals surface area contributed by atoms with E-state index >= 15 is 0 Å². The normalized spacial score (nSPS) is 14.6. The lowest BCUT2D eigenvalue weighted by atomic mass is 10.1. The van der Waals surface area contributed by atoms with Gasteiger partial charge in [0.25, 0.3) is 5.91 Å². The second-order valence-corrected chi connectivity index (χ2v) is 18.7. The first-order valence-electron chi connectivity index (χ1n) is 14.7. The molecule has 0 radical (unpaired) electrons. The number of unbranched alkanes of at least 4 members (excludes halogenated alkanes) is 1. The number of hydrazone groups is 2. The zero-order chi connectivity index (χ0) is 32.0. The first kappa shape index (κ1) is 32.4. The molecule has 2 N–H and O–H groups in total. The second-order valence-electron chi connectivity index (χ2n) is 12.0. The topological polar surface area (TPSA) is 121 Å². The predicted molar refractivity (Wildman–Crippen MR) is 186 cm³/mol. The van der Waals surface area contributed by atoms with Crippen LogP contribution >= 0.6 is 22.7 Å². The molecule has 1 aliphatic rings. The van der Waals surface area contributed by atoms with E-state index in [-0.39, 0.29) is 16.7 Å². The van der Waals surface area contributed by atoms with Crippen molar-refractivity contribution in [3.8, 4) is 11.3 Å². The minimum atomic E-state index is -1.76. The van der Waals surface area contributed by atoms with Gasteiger partial charge in [-0.05, 0) is 31.0 Å². The predicted octanol–water partition coefficient (Wildman–Crippen LogP) is 7.02. The molecule has 4 aromatic rings. The fourth-order valence-corrected chi connectivity index (χ4v) is 6.66. The molecule has 45 heavy (non-hydrogen) atoms. The number of amides is 2. The molecule has 2 aromatic heterocycles. The van der Waals surface area contributed by atoms with Gasteiger partial charge in [-0.3, -0.25) is 15.0 Å². The van der Waals surface area contributed by atoms with Crippen molar-refractivity contribution in [2.24, 2.45) is 10.2 Å². The molecule has 0 atom stereocenters. The number of rotatable bonds is 12. The molecule has 10 nitrogen and oxygen atoms in total. The molecule has 0 fully saturated rings. The van der Waals surface area contributed by atoms with Gasteiger partial charge in [0, 0.05) is 29.7 Å². The van der Waals surface area contributed by atoms with Gasteiger partial charge in [0.15, 0.2) is 14.0 Å². The maximum absolute atomic E-state index is 13.6. The summed E-state index contributed by atoms with van der Waals surface area (Å²) < 4.78 is 6.21. The van der Waals surface area contributed by atoms with Crippen LogP contribution in [-0.4, -0.2) is 54.7 Å². The highest BCUT2D eigenvalue weighted by atomic mass is 32.1. The van der Waals surface area contributed by atoms with Crippen molar-refractivity contribution < 1.29 is 14.0 Å². The summed E-state index contributed by atoms with van der Waals surface area (Å²) in [6.45, 7) is 12.4. The van der Waals surface area contributed by atoms with Crippen molar-refractivity contribution in [3.05, 3.63) is 82.7 Å². The van der Waals surface area contributed by atoms with Gasteiger partial charge in [-0.2, -0.15) is 15.2 Å². The molecule has 0 bridgehead atoms. The van der Waals surface area contributed by atoms with Crippen LogP contribution in [0.25, 0.3) is 11.3 Å². The van der Waals surface area contributed by atoms with E-state index in [0.717, 1.165) is 41.0 Å². The third-order valence-electron chi connectivity index (χ3n) is 7.73. The van der Waals surface area contributed by atoms with Crippen LogP contribution in [0.5, 0.6) is 0 Å². The molecule has 1 aliphatic heterocycles. The minimum Gasteiger partial charge on any atom is -0.417 e. The maximum Gasteiger partial charge on any atom is 0.303 e. The highest BCUT2D eigenvalue weighted by Gasteiger charge is 2.37. The lowest BCUT2D eigenvalue weighted by molar-refractivity contribution is -0.112. The van der Waals surface area contributed by atoms with Crippen molar-refractivity contribution in [2.45, 2.75) is 51.7 Å². The van der Waals surface area contributed by atoms with Crippen LogP contribution in [0.3, 0.4) is 0 Å². The zero-order valence-electron chi connectivity index (χ0n) is 26.0. The van der Waals surface area contributed by atoms with Crippen molar-refractivity contribution >= 4 is 64.5 Å². The number of benzene rings is 2. The maximum atomic E-state index is 13.6. The van der Waals surface area contributed by atoms with Crippen molar-refractivity contribution in [2.75, 3.05) is 23.6 Å². The van der Waals surface area contributed by atoms with Gasteiger partial charge < -0.3 is 9.74 Å². The molecular weight excluding hydrogens is 623 g/mol. The molecule has 3 heterocycles. The van der Waals surface area contributed by atoms with E-state index in [0.29, 0.717) is 34.0 Å². The molecule has 234 valence electrons. The first-order valence-corrected chi connectivity index (χ1v) is 19.4. The molecule has 2 aromatic carbocycles. The third kappa shape index (κ3) is 7.79. The van der Waals surface area contributed by atoms with E-state index in [4.69, 9.17) is 4.43 Å². The van der Waals surface area contributed by atoms with Gasteiger partial charge in [0.05, 0.1) is 11.9 Å². The summed E-state index contributed by atoms with van der Waals surface area (Å²) in [5.41, 5.74) is 5.85. The molecule has 0 unspecified atom stereocenters. The van der Waals surface area contributed by atoms with Crippen LogP contribution in [0.2, 0.25) is 18.1 Å². The zero-order valence-corrected chi connectivity index (χ0v) is 28.7. The van der Waals surface area contributed by atoms with Crippen molar-refractivity contribution in [1.82, 2.24) is 15.3 Å². The summed E-state index contributed by atoms with van der Waals surface area (Å²) in [4.78, 5) is 35.7. The summed E-state index contributed by atoms with van der Waals surface area (Å²) in [5, 5.41) is 16.1. The average molecular weight is 660 g/mol. The van der Waals surface area contributed by atoms with Crippen LogP contribution < -0.4 is 15.8 Å². The number of nitrogens with one attached hydrogen (secondary N) is 2. The second kappa shape index (κ2) is 13.9. The summed E-state index contributed by atoms with van der Waals surface area (Å²) >= 11 is 2.49. The number of hydrogen-bond donors (Lipinski definition) is 2. The summed E-state index contributed by atoms with van der Waals surface area (Å²) in [5.74, 6) is -0.617. The molecule has 0 saturated carbocycles. The Morgan fingerprint density at radius 2 is 1.71 bits per heavy atom. The summed E-state index contributed by atoms with van der Waals surface area (Å²) in [6, 6.07) is 19.1. The van der Waals surface area contributed by atoms with Crippen LogP contribution in [0.4, 0.5) is 10.3 Å². The lowest BCUT2D eigenvalue weighted by Gasteiger charge is -2.36. The smallest absolute Gasteiger partial charge is 0.303 e. The Kier molecular flexibility index (Phi) is 10.0. The van der Waals surface area contributed by atoms with Crippen molar-refractivity contribution in [3.63, 3.8) is 0 Å². The van der Waals surface area contributed by atoms with E-state index in [9.17, 15) is 9.59 Å². The molecule has 2 amide bonds. The molecule has 0 saturated heterocycles. The molecular formula is C32H37N7O3S2Si. The SMILES string of the molecule is CC(C)(C)[Si](C)(C)OCCCCNC(=O)c1cnc(N/N=C2/C(=O)N(c3nc(-c4ccccc4)cs3)N=C2c2ccccc2)s1. The number of hydrogen-bond acceptors (Lipinski definition) is 10. The Balaban J connectivity index is 1.21. The molecule has 5 rings (SSSR count). The highest BCUT2D eigenvalue weighted by Crippen LogP contribution is 2.36. The standard InChI is InChI=1S/C32H37N7O3S2Si/c1-32(2,3)45(4,5)42-19-13-12-18-33-28(40)25-20-34-30(44-25)37-36-27-26(23-16-10-7-11-17-23)38-39(29(27)41)31-35-24(21-43-31)22-14-8-6-9-15-22/h6-11,14-17,20-21H,12-13,18-19H2,1-5H3,(H,33,40)(H,34,37)/b36-27+.